The van der Waals surface area contributed by atoms with Crippen LogP contribution >= 0.6 is 0 Å². The van der Waals surface area contributed by atoms with Gasteiger partial charge in [0.1, 0.15) is 5.82 Å². The second-order valence-electron chi connectivity index (χ2n) is 4.77. The first-order valence-electron chi connectivity index (χ1n) is 6.58. The molecular formula is C17H12FNO3. The lowest BCUT2D eigenvalue weighted by molar-refractivity contribution is 0.0601. The molecule has 1 heterocycles. The summed E-state index contributed by atoms with van der Waals surface area (Å²) in [7, 11) is 1.30. The van der Waals surface area contributed by atoms with E-state index in [1.165, 1.54) is 19.2 Å². The van der Waals surface area contributed by atoms with Gasteiger partial charge in [0.05, 0.1) is 18.2 Å². The van der Waals surface area contributed by atoms with Crippen LogP contribution in [0, 0.1) is 5.82 Å². The number of hydrogen-bond donors (Lipinski definition) is 0. The third-order valence-corrected chi connectivity index (χ3v) is 3.49. The van der Waals surface area contributed by atoms with E-state index >= 15 is 0 Å². The number of aromatic nitrogens is 1. The predicted octanol–water partition coefficient (Wildman–Crippen LogP) is 3.37. The largest absolute Gasteiger partial charge is 0.465 e. The molecule has 0 bridgehead atoms. The second kappa shape index (κ2) is 5.44. The quantitative estimate of drug-likeness (QED) is 0.550. The van der Waals surface area contributed by atoms with Gasteiger partial charge in [-0.3, -0.25) is 4.79 Å². The van der Waals surface area contributed by atoms with Gasteiger partial charge in [0.2, 0.25) is 0 Å². The number of benzene rings is 2. The van der Waals surface area contributed by atoms with Crippen LogP contribution in [0.3, 0.4) is 0 Å². The summed E-state index contributed by atoms with van der Waals surface area (Å²) in [6, 6.07) is 10.9. The average Bonchev–Trinajstić information content (AvgIpc) is 2.92. The van der Waals surface area contributed by atoms with E-state index < -0.39 is 5.97 Å². The fourth-order valence-electron chi connectivity index (χ4n) is 2.41. The van der Waals surface area contributed by atoms with Gasteiger partial charge in [-0.1, -0.05) is 0 Å². The van der Waals surface area contributed by atoms with E-state index in [0.717, 1.165) is 17.5 Å². The zero-order valence-corrected chi connectivity index (χ0v) is 11.7. The van der Waals surface area contributed by atoms with Crippen LogP contribution < -0.4 is 0 Å². The van der Waals surface area contributed by atoms with E-state index in [9.17, 15) is 14.0 Å². The van der Waals surface area contributed by atoms with Gasteiger partial charge in [0.15, 0.2) is 6.29 Å². The first-order chi connectivity index (χ1) is 10.6. The summed E-state index contributed by atoms with van der Waals surface area (Å²) < 4.78 is 19.5. The Morgan fingerprint density at radius 2 is 1.91 bits per heavy atom. The molecule has 110 valence electrons. The predicted molar refractivity (Wildman–Crippen MR) is 80.0 cm³/mol. The van der Waals surface area contributed by atoms with Crippen LogP contribution in [0.4, 0.5) is 4.39 Å². The molecule has 5 heteroatoms. The molecule has 0 saturated heterocycles. The minimum absolute atomic E-state index is 0.330. The van der Waals surface area contributed by atoms with Crippen molar-refractivity contribution in [1.29, 1.82) is 0 Å². The molecule has 0 aliphatic heterocycles. The van der Waals surface area contributed by atoms with Crippen molar-refractivity contribution in [3.8, 4) is 5.69 Å². The number of ether oxygens (including phenoxy) is 1. The highest BCUT2D eigenvalue weighted by Gasteiger charge is 2.13. The number of carbonyl (C=O) groups is 2. The molecule has 1 aromatic heterocycles. The van der Waals surface area contributed by atoms with E-state index in [-0.39, 0.29) is 5.82 Å². The topological polar surface area (TPSA) is 48.3 Å². The van der Waals surface area contributed by atoms with Crippen molar-refractivity contribution >= 4 is 23.2 Å². The maximum atomic E-state index is 13.1. The SMILES string of the molecule is COC(=O)c1ccc2c(c1)c(C=O)cn2-c1ccc(F)cc1. The number of nitrogens with zero attached hydrogens (tertiary/aromatic N) is 1. The fourth-order valence-corrected chi connectivity index (χ4v) is 2.41. The number of fused-ring (bicyclic) bond motifs is 1. The first-order valence-corrected chi connectivity index (χ1v) is 6.58. The molecule has 2 aromatic carbocycles. The summed E-state index contributed by atoms with van der Waals surface area (Å²) in [5.74, 6) is -0.794. The number of hydrogen-bond acceptors (Lipinski definition) is 3. The Labute approximate surface area is 125 Å². The highest BCUT2D eigenvalue weighted by Crippen LogP contribution is 2.25. The van der Waals surface area contributed by atoms with Gasteiger partial charge in [-0.25, -0.2) is 9.18 Å². The smallest absolute Gasteiger partial charge is 0.337 e. The minimum atomic E-state index is -0.465. The fraction of sp³-hybridized carbons (Fsp3) is 0.0588. The standard InChI is InChI=1S/C17H12FNO3/c1-22-17(21)11-2-7-16-15(8-11)12(10-20)9-19(16)14-5-3-13(18)4-6-14/h2-10H,1H3. The Balaban J connectivity index is 2.22. The van der Waals surface area contributed by atoms with Gasteiger partial charge >= 0.3 is 5.97 Å². The summed E-state index contributed by atoms with van der Waals surface area (Å²) in [5, 5.41) is 0.641. The van der Waals surface area contributed by atoms with Crippen LogP contribution in [0.5, 0.6) is 0 Å². The van der Waals surface area contributed by atoms with E-state index in [1.807, 2.05) is 0 Å². The van der Waals surface area contributed by atoms with Crippen molar-refractivity contribution in [3.63, 3.8) is 0 Å². The number of halogens is 1. The van der Waals surface area contributed by atoms with Crippen LogP contribution in [0.25, 0.3) is 16.6 Å². The summed E-state index contributed by atoms with van der Waals surface area (Å²) >= 11 is 0. The van der Waals surface area contributed by atoms with Gasteiger partial charge in [-0.2, -0.15) is 0 Å². The molecule has 0 atom stereocenters. The van der Waals surface area contributed by atoms with E-state index in [4.69, 9.17) is 0 Å². The molecule has 0 radical (unpaired) electrons. The Morgan fingerprint density at radius 1 is 1.18 bits per heavy atom. The van der Waals surface area contributed by atoms with Crippen molar-refractivity contribution in [2.24, 2.45) is 0 Å². The molecular weight excluding hydrogens is 285 g/mol. The number of aldehydes is 1. The molecule has 0 fully saturated rings. The molecule has 22 heavy (non-hydrogen) atoms. The third kappa shape index (κ3) is 2.26. The van der Waals surface area contributed by atoms with Crippen LogP contribution in [-0.2, 0) is 4.74 Å². The van der Waals surface area contributed by atoms with Crippen LogP contribution in [-0.4, -0.2) is 23.9 Å². The first kappa shape index (κ1) is 14.0. The molecule has 3 aromatic rings. The highest BCUT2D eigenvalue weighted by atomic mass is 19.1. The zero-order valence-electron chi connectivity index (χ0n) is 11.7. The Morgan fingerprint density at radius 3 is 2.55 bits per heavy atom. The van der Waals surface area contributed by atoms with Crippen LogP contribution in [0.1, 0.15) is 20.7 Å². The highest BCUT2D eigenvalue weighted by molar-refractivity contribution is 6.02. The lowest BCUT2D eigenvalue weighted by Crippen LogP contribution is -2.00. The molecule has 0 N–H and O–H groups in total. The Hall–Kier alpha value is -2.95. The summed E-state index contributed by atoms with van der Waals surface area (Å²) in [6.07, 6.45) is 2.38. The van der Waals surface area contributed by atoms with E-state index in [0.29, 0.717) is 16.5 Å². The number of methoxy groups -OCH3 is 1. The summed E-state index contributed by atoms with van der Waals surface area (Å²) in [6.45, 7) is 0. The molecule has 0 aliphatic carbocycles. The number of esters is 1. The Kier molecular flexibility index (Phi) is 3.47. The van der Waals surface area contributed by atoms with Gasteiger partial charge in [-0.05, 0) is 42.5 Å². The molecule has 0 amide bonds. The maximum Gasteiger partial charge on any atom is 0.337 e. The van der Waals surface area contributed by atoms with Gasteiger partial charge in [0.25, 0.3) is 0 Å². The van der Waals surface area contributed by atoms with Gasteiger partial charge in [-0.15, -0.1) is 0 Å². The molecule has 0 saturated carbocycles. The molecule has 4 nitrogen and oxygen atoms in total. The van der Waals surface area contributed by atoms with Crippen molar-refractivity contribution < 1.29 is 18.7 Å². The normalized spacial score (nSPS) is 10.6. The molecule has 0 spiro atoms. The van der Waals surface area contributed by atoms with Crippen LogP contribution in [0.2, 0.25) is 0 Å². The number of rotatable bonds is 3. The summed E-state index contributed by atoms with van der Waals surface area (Å²) in [5.41, 5.74) is 2.30. The third-order valence-electron chi connectivity index (χ3n) is 3.49. The van der Waals surface area contributed by atoms with Crippen LogP contribution in [0.15, 0.2) is 48.7 Å². The van der Waals surface area contributed by atoms with Crippen molar-refractivity contribution in [1.82, 2.24) is 4.57 Å². The maximum absolute atomic E-state index is 13.1. The van der Waals surface area contributed by atoms with Crippen molar-refractivity contribution in [2.75, 3.05) is 7.11 Å². The molecule has 0 aliphatic rings. The molecule has 3 rings (SSSR count). The Bertz CT molecular complexity index is 865. The monoisotopic (exact) mass is 297 g/mol. The lowest BCUT2D eigenvalue weighted by atomic mass is 10.1. The summed E-state index contributed by atoms with van der Waals surface area (Å²) in [4.78, 5) is 22.9. The second-order valence-corrected chi connectivity index (χ2v) is 4.77. The van der Waals surface area contributed by atoms with Crippen molar-refractivity contribution in [3.05, 3.63) is 65.6 Å². The van der Waals surface area contributed by atoms with Crippen molar-refractivity contribution in [2.45, 2.75) is 0 Å². The minimum Gasteiger partial charge on any atom is -0.465 e. The van der Waals surface area contributed by atoms with Gasteiger partial charge < -0.3 is 9.30 Å². The average molecular weight is 297 g/mol. The molecule has 0 unspecified atom stereocenters. The van der Waals surface area contributed by atoms with E-state index in [1.54, 1.807) is 41.1 Å². The zero-order chi connectivity index (χ0) is 15.7. The number of carbonyl (C=O) groups excluding carboxylic acids is 2. The lowest BCUT2D eigenvalue weighted by Gasteiger charge is -2.06. The van der Waals surface area contributed by atoms with Gasteiger partial charge in [0, 0.05) is 22.8 Å². The van der Waals surface area contributed by atoms with E-state index in [2.05, 4.69) is 4.74 Å².